The first-order valence-corrected chi connectivity index (χ1v) is 6.28. The zero-order valence-corrected chi connectivity index (χ0v) is 11.0. The lowest BCUT2D eigenvalue weighted by atomic mass is 10.1. The van der Waals surface area contributed by atoms with Crippen LogP contribution in [0, 0.1) is 11.2 Å². The van der Waals surface area contributed by atoms with Crippen molar-refractivity contribution in [1.29, 1.82) is 5.41 Å². The second kappa shape index (κ2) is 6.77. The molecule has 0 bridgehead atoms. The van der Waals surface area contributed by atoms with Gasteiger partial charge < -0.3 is 10.5 Å². The lowest BCUT2D eigenvalue weighted by Crippen LogP contribution is -2.14. The number of ether oxygens (including phenoxy) is 1. The van der Waals surface area contributed by atoms with E-state index in [2.05, 4.69) is 4.98 Å². The van der Waals surface area contributed by atoms with Crippen LogP contribution in [0.2, 0.25) is 0 Å². The maximum absolute atomic E-state index is 14.0. The highest BCUT2D eigenvalue weighted by molar-refractivity contribution is 5.95. The predicted octanol–water partition coefficient (Wildman–Crippen LogP) is 2.26. The maximum atomic E-state index is 14.0. The van der Waals surface area contributed by atoms with Crippen LogP contribution in [0.1, 0.15) is 16.8 Å². The number of nitrogen functional groups attached to an aromatic ring is 1. The third-order valence-corrected chi connectivity index (χ3v) is 2.86. The van der Waals surface area contributed by atoms with Gasteiger partial charge in [0.1, 0.15) is 11.7 Å². The number of hydrogen-bond donors (Lipinski definition) is 2. The molecular formula is C15H16FN3O. The van der Waals surface area contributed by atoms with Crippen LogP contribution < -0.4 is 5.73 Å². The molecule has 0 aliphatic carbocycles. The number of aromatic nitrogens is 1. The number of nitrogens with two attached hydrogens (primary N) is 1. The molecule has 3 N–H and O–H groups in total. The average molecular weight is 273 g/mol. The molecule has 1 aromatic heterocycles. The van der Waals surface area contributed by atoms with E-state index in [9.17, 15) is 4.39 Å². The van der Waals surface area contributed by atoms with E-state index < -0.39 is 5.82 Å². The van der Waals surface area contributed by atoms with Gasteiger partial charge in [-0.2, -0.15) is 0 Å². The van der Waals surface area contributed by atoms with E-state index in [0.717, 1.165) is 5.69 Å². The van der Waals surface area contributed by atoms with Crippen molar-refractivity contribution in [2.45, 2.75) is 13.0 Å². The van der Waals surface area contributed by atoms with Gasteiger partial charge in [-0.15, -0.1) is 0 Å². The van der Waals surface area contributed by atoms with Gasteiger partial charge in [-0.3, -0.25) is 10.4 Å². The third kappa shape index (κ3) is 3.61. The Morgan fingerprint density at radius 2 is 2.10 bits per heavy atom. The molecule has 1 heterocycles. The van der Waals surface area contributed by atoms with Gasteiger partial charge in [0.25, 0.3) is 0 Å². The molecule has 0 saturated carbocycles. The number of nitrogens with zero attached hydrogens (tertiary/aromatic N) is 1. The van der Waals surface area contributed by atoms with Crippen molar-refractivity contribution in [3.05, 3.63) is 65.2 Å². The van der Waals surface area contributed by atoms with E-state index in [4.69, 9.17) is 15.9 Å². The van der Waals surface area contributed by atoms with E-state index in [1.165, 1.54) is 6.07 Å². The van der Waals surface area contributed by atoms with Crippen LogP contribution in [-0.4, -0.2) is 17.4 Å². The van der Waals surface area contributed by atoms with Gasteiger partial charge in [-0.1, -0.05) is 18.2 Å². The van der Waals surface area contributed by atoms with E-state index in [-0.39, 0.29) is 18.0 Å². The molecule has 0 aliphatic rings. The largest absolute Gasteiger partial charge is 0.384 e. The Morgan fingerprint density at radius 1 is 1.25 bits per heavy atom. The van der Waals surface area contributed by atoms with Crippen molar-refractivity contribution < 1.29 is 9.13 Å². The summed E-state index contributed by atoms with van der Waals surface area (Å²) in [5.74, 6) is -0.768. The van der Waals surface area contributed by atoms with Crippen molar-refractivity contribution in [3.8, 4) is 0 Å². The summed E-state index contributed by atoms with van der Waals surface area (Å²) in [4.78, 5) is 4.18. The molecule has 2 aromatic rings. The molecule has 0 unspecified atom stereocenters. The van der Waals surface area contributed by atoms with Crippen molar-refractivity contribution in [2.75, 3.05) is 6.61 Å². The summed E-state index contributed by atoms with van der Waals surface area (Å²) < 4.78 is 19.4. The molecule has 2 rings (SSSR count). The summed E-state index contributed by atoms with van der Waals surface area (Å²) in [5.41, 5.74) is 6.75. The Morgan fingerprint density at radius 3 is 2.80 bits per heavy atom. The molecule has 0 aliphatic heterocycles. The van der Waals surface area contributed by atoms with Gasteiger partial charge in [0.05, 0.1) is 18.8 Å². The van der Waals surface area contributed by atoms with E-state index in [1.807, 2.05) is 18.2 Å². The second-order valence-electron chi connectivity index (χ2n) is 4.32. The second-order valence-corrected chi connectivity index (χ2v) is 4.32. The number of pyridine rings is 1. The van der Waals surface area contributed by atoms with E-state index >= 15 is 0 Å². The molecule has 1 aromatic carbocycles. The lowest BCUT2D eigenvalue weighted by Gasteiger charge is -2.08. The molecule has 20 heavy (non-hydrogen) atoms. The summed E-state index contributed by atoms with van der Waals surface area (Å²) in [6.07, 6.45) is 2.40. The fourth-order valence-corrected chi connectivity index (χ4v) is 1.80. The summed E-state index contributed by atoms with van der Waals surface area (Å²) in [6.45, 7) is 0.612. The van der Waals surface area contributed by atoms with Gasteiger partial charge in [0, 0.05) is 23.9 Å². The Balaban J connectivity index is 1.88. The van der Waals surface area contributed by atoms with Gasteiger partial charge in [0.2, 0.25) is 0 Å². The van der Waals surface area contributed by atoms with Crippen LogP contribution in [-0.2, 0) is 17.8 Å². The first kappa shape index (κ1) is 14.1. The van der Waals surface area contributed by atoms with Crippen molar-refractivity contribution in [3.63, 3.8) is 0 Å². The van der Waals surface area contributed by atoms with Gasteiger partial charge >= 0.3 is 0 Å². The van der Waals surface area contributed by atoms with Crippen molar-refractivity contribution >= 4 is 5.84 Å². The molecule has 0 amide bonds. The molecule has 0 radical (unpaired) electrons. The first-order valence-electron chi connectivity index (χ1n) is 6.28. The minimum atomic E-state index is -0.488. The summed E-state index contributed by atoms with van der Waals surface area (Å²) >= 11 is 0. The third-order valence-electron chi connectivity index (χ3n) is 2.86. The molecule has 0 atom stereocenters. The van der Waals surface area contributed by atoms with Gasteiger partial charge in [-0.25, -0.2) is 4.39 Å². The molecule has 0 saturated heterocycles. The van der Waals surface area contributed by atoms with Crippen molar-refractivity contribution in [2.24, 2.45) is 5.73 Å². The molecule has 5 heteroatoms. The quantitative estimate of drug-likeness (QED) is 0.482. The number of nitrogens with one attached hydrogen (secondary N) is 1. The molecule has 104 valence electrons. The zero-order valence-electron chi connectivity index (χ0n) is 11.0. The summed E-state index contributed by atoms with van der Waals surface area (Å²) in [5, 5.41) is 7.29. The van der Waals surface area contributed by atoms with Crippen molar-refractivity contribution in [1.82, 2.24) is 4.98 Å². The van der Waals surface area contributed by atoms with E-state index in [0.29, 0.717) is 18.6 Å². The average Bonchev–Trinajstić information content (AvgIpc) is 2.46. The van der Waals surface area contributed by atoms with Crippen LogP contribution in [0.25, 0.3) is 0 Å². The fourth-order valence-electron chi connectivity index (χ4n) is 1.80. The minimum absolute atomic E-state index is 0.107. The maximum Gasteiger partial charge on any atom is 0.139 e. The molecule has 0 spiro atoms. The summed E-state index contributed by atoms with van der Waals surface area (Å²) in [7, 11) is 0. The van der Waals surface area contributed by atoms with Gasteiger partial charge in [0.15, 0.2) is 0 Å². The lowest BCUT2D eigenvalue weighted by molar-refractivity contribution is 0.121. The number of amidine groups is 1. The van der Waals surface area contributed by atoms with E-state index in [1.54, 1.807) is 18.3 Å². The highest BCUT2D eigenvalue weighted by Crippen LogP contribution is 2.13. The Labute approximate surface area is 116 Å². The van der Waals surface area contributed by atoms with Crippen LogP contribution in [0.15, 0.2) is 42.6 Å². The van der Waals surface area contributed by atoms with Crippen LogP contribution >= 0.6 is 0 Å². The Bertz CT molecular complexity index is 587. The van der Waals surface area contributed by atoms with Crippen LogP contribution in [0.3, 0.4) is 0 Å². The highest BCUT2D eigenvalue weighted by atomic mass is 19.1. The topological polar surface area (TPSA) is 72.0 Å². The zero-order chi connectivity index (χ0) is 14.4. The monoisotopic (exact) mass is 273 g/mol. The number of halogens is 1. The molecule has 0 fully saturated rings. The predicted molar refractivity (Wildman–Crippen MR) is 75.0 cm³/mol. The SMILES string of the molecule is N=C(N)c1cccc(COCCc2ccccn2)c1F. The number of benzene rings is 1. The van der Waals surface area contributed by atoms with Crippen LogP contribution in [0.5, 0.6) is 0 Å². The Hall–Kier alpha value is -2.27. The molecular weight excluding hydrogens is 257 g/mol. The molecule has 4 nitrogen and oxygen atoms in total. The smallest absolute Gasteiger partial charge is 0.139 e. The number of rotatable bonds is 6. The van der Waals surface area contributed by atoms with Crippen LogP contribution in [0.4, 0.5) is 4.39 Å². The normalized spacial score (nSPS) is 10.4. The summed E-state index contributed by atoms with van der Waals surface area (Å²) in [6, 6.07) is 10.5. The Kier molecular flexibility index (Phi) is 4.79. The van der Waals surface area contributed by atoms with Gasteiger partial charge in [-0.05, 0) is 18.2 Å². The first-order chi connectivity index (χ1) is 9.68. The fraction of sp³-hybridized carbons (Fsp3) is 0.200. The minimum Gasteiger partial charge on any atom is -0.384 e. The standard InChI is InChI=1S/C15H16FN3O/c16-14-11(4-3-6-13(14)15(17)18)10-20-9-7-12-5-1-2-8-19-12/h1-6,8H,7,9-10H2,(H3,17,18). The number of hydrogen-bond acceptors (Lipinski definition) is 3. The highest BCUT2D eigenvalue weighted by Gasteiger charge is 2.09.